The van der Waals surface area contributed by atoms with E-state index in [1.807, 2.05) is 24.3 Å². The molecular formula is C13H14N4O2. The Bertz CT molecular complexity index is 582. The molecule has 2 heterocycles. The predicted molar refractivity (Wildman–Crippen MR) is 69.2 cm³/mol. The van der Waals surface area contributed by atoms with Gasteiger partial charge in [0.25, 0.3) is 0 Å². The van der Waals surface area contributed by atoms with Crippen LogP contribution in [-0.4, -0.2) is 23.7 Å². The molecule has 98 valence electrons. The average molecular weight is 258 g/mol. The summed E-state index contributed by atoms with van der Waals surface area (Å²) in [5.74, 6) is 0.0861. The lowest BCUT2D eigenvalue weighted by Crippen LogP contribution is -2.52. The zero-order chi connectivity index (χ0) is 13.4. The second-order valence-corrected chi connectivity index (χ2v) is 4.66. The Kier molecular flexibility index (Phi) is 2.79. The minimum atomic E-state index is -0.435. The molecule has 1 aromatic rings. The van der Waals surface area contributed by atoms with Crippen molar-refractivity contribution in [2.24, 2.45) is 10.7 Å². The van der Waals surface area contributed by atoms with Gasteiger partial charge in [0.1, 0.15) is 18.0 Å². The van der Waals surface area contributed by atoms with Crippen molar-refractivity contribution in [3.8, 4) is 0 Å². The minimum Gasteiger partial charge on any atom is -0.358 e. The normalized spacial score (nSPS) is 25.6. The van der Waals surface area contributed by atoms with Gasteiger partial charge in [0.05, 0.1) is 0 Å². The molecule has 3 rings (SSSR count). The number of imide groups is 1. The number of aliphatic imine (C=N–C) groups is 1. The van der Waals surface area contributed by atoms with E-state index >= 15 is 0 Å². The number of amidine groups is 1. The van der Waals surface area contributed by atoms with E-state index in [0.717, 1.165) is 11.1 Å². The van der Waals surface area contributed by atoms with E-state index in [-0.39, 0.29) is 11.8 Å². The lowest BCUT2D eigenvalue weighted by molar-refractivity contribution is -0.134. The van der Waals surface area contributed by atoms with Crippen molar-refractivity contribution < 1.29 is 9.59 Å². The van der Waals surface area contributed by atoms with Crippen LogP contribution in [0.1, 0.15) is 30.1 Å². The second-order valence-electron chi connectivity index (χ2n) is 4.66. The molecule has 1 aromatic carbocycles. The first kappa shape index (κ1) is 11.9. The first-order valence-corrected chi connectivity index (χ1v) is 6.18. The minimum absolute atomic E-state index is 0.228. The van der Waals surface area contributed by atoms with E-state index < -0.39 is 12.2 Å². The van der Waals surface area contributed by atoms with Crippen LogP contribution in [0.3, 0.4) is 0 Å². The summed E-state index contributed by atoms with van der Waals surface area (Å²) in [7, 11) is 0. The molecule has 0 bridgehead atoms. The van der Waals surface area contributed by atoms with Crippen molar-refractivity contribution in [2.45, 2.75) is 25.0 Å². The van der Waals surface area contributed by atoms with Crippen LogP contribution < -0.4 is 16.4 Å². The molecule has 2 atom stereocenters. The smallest absolute Gasteiger partial charge is 0.249 e. The van der Waals surface area contributed by atoms with Gasteiger partial charge in [-0.1, -0.05) is 24.3 Å². The molecule has 1 fully saturated rings. The standard InChI is InChI=1S/C13H14N4O2/c14-11-7-3-1-2-4-8(7)12(17-11)15-9-5-6-10(18)16-13(9)19/h1-4,9,11H,5-6,14H2,(H,15,17)(H,16,18,19). The summed E-state index contributed by atoms with van der Waals surface area (Å²) in [6, 6.07) is 7.21. The van der Waals surface area contributed by atoms with Gasteiger partial charge in [-0.2, -0.15) is 0 Å². The predicted octanol–water partition coefficient (Wildman–Crippen LogP) is -0.201. The number of hydrogen-bond donors (Lipinski definition) is 3. The van der Waals surface area contributed by atoms with Gasteiger partial charge in [-0.05, 0) is 6.42 Å². The van der Waals surface area contributed by atoms with E-state index in [4.69, 9.17) is 5.73 Å². The molecule has 6 heteroatoms. The first-order chi connectivity index (χ1) is 9.15. The maximum absolute atomic E-state index is 11.7. The van der Waals surface area contributed by atoms with Crippen molar-refractivity contribution in [1.82, 2.24) is 10.6 Å². The van der Waals surface area contributed by atoms with Crippen LogP contribution in [-0.2, 0) is 9.59 Å². The van der Waals surface area contributed by atoms with Crippen LogP contribution in [0.5, 0.6) is 0 Å². The highest BCUT2D eigenvalue weighted by Gasteiger charge is 2.30. The number of nitrogens with zero attached hydrogens (tertiary/aromatic N) is 1. The number of benzene rings is 1. The zero-order valence-corrected chi connectivity index (χ0v) is 10.2. The monoisotopic (exact) mass is 258 g/mol. The van der Waals surface area contributed by atoms with Gasteiger partial charge in [0.15, 0.2) is 0 Å². The molecule has 2 unspecified atom stereocenters. The van der Waals surface area contributed by atoms with Crippen molar-refractivity contribution in [2.75, 3.05) is 0 Å². The SMILES string of the molecule is NC1N=C(NC2CCC(=O)NC2=O)c2ccccc21. The summed E-state index contributed by atoms with van der Waals surface area (Å²) in [5.41, 5.74) is 7.77. The van der Waals surface area contributed by atoms with Gasteiger partial charge in [-0.25, -0.2) is 4.99 Å². The number of carbonyl (C=O) groups is 2. The van der Waals surface area contributed by atoms with Gasteiger partial charge in [0.2, 0.25) is 11.8 Å². The Morgan fingerprint density at radius 1 is 1.32 bits per heavy atom. The number of amides is 2. The molecule has 0 radical (unpaired) electrons. The number of nitrogens with two attached hydrogens (primary N) is 1. The van der Waals surface area contributed by atoms with E-state index in [1.165, 1.54) is 0 Å². The molecule has 0 saturated carbocycles. The van der Waals surface area contributed by atoms with Gasteiger partial charge in [-0.15, -0.1) is 0 Å². The van der Waals surface area contributed by atoms with E-state index in [1.54, 1.807) is 0 Å². The maximum Gasteiger partial charge on any atom is 0.249 e. The van der Waals surface area contributed by atoms with Crippen LogP contribution >= 0.6 is 0 Å². The quantitative estimate of drug-likeness (QED) is 0.608. The summed E-state index contributed by atoms with van der Waals surface area (Å²) in [6.45, 7) is 0. The van der Waals surface area contributed by atoms with Crippen LogP contribution in [0, 0.1) is 0 Å². The molecule has 2 aliphatic heterocycles. The number of carbonyl (C=O) groups excluding carboxylic acids is 2. The summed E-state index contributed by atoms with van der Waals surface area (Å²) in [6.07, 6.45) is 0.415. The van der Waals surface area contributed by atoms with Crippen molar-refractivity contribution in [3.63, 3.8) is 0 Å². The molecule has 0 aromatic heterocycles. The molecule has 2 amide bonds. The van der Waals surface area contributed by atoms with Gasteiger partial charge >= 0.3 is 0 Å². The van der Waals surface area contributed by atoms with E-state index in [2.05, 4.69) is 15.6 Å². The summed E-state index contributed by atoms with van der Waals surface area (Å²) >= 11 is 0. The summed E-state index contributed by atoms with van der Waals surface area (Å²) in [5, 5.41) is 5.39. The van der Waals surface area contributed by atoms with Crippen LogP contribution in [0.25, 0.3) is 0 Å². The molecule has 0 spiro atoms. The molecule has 19 heavy (non-hydrogen) atoms. The van der Waals surface area contributed by atoms with Gasteiger partial charge < -0.3 is 11.1 Å². The fraction of sp³-hybridized carbons (Fsp3) is 0.308. The third-order valence-electron chi connectivity index (χ3n) is 3.35. The second kappa shape index (κ2) is 4.47. The van der Waals surface area contributed by atoms with Crippen molar-refractivity contribution >= 4 is 17.6 Å². The highest BCUT2D eigenvalue weighted by Crippen LogP contribution is 2.24. The lowest BCUT2D eigenvalue weighted by Gasteiger charge is -2.22. The Morgan fingerprint density at radius 2 is 2.11 bits per heavy atom. The Labute approximate surface area is 110 Å². The van der Waals surface area contributed by atoms with Crippen molar-refractivity contribution in [3.05, 3.63) is 35.4 Å². The molecule has 6 nitrogen and oxygen atoms in total. The highest BCUT2D eigenvalue weighted by atomic mass is 16.2. The molecule has 1 saturated heterocycles. The fourth-order valence-corrected chi connectivity index (χ4v) is 2.36. The summed E-state index contributed by atoms with van der Waals surface area (Å²) in [4.78, 5) is 27.1. The van der Waals surface area contributed by atoms with E-state index in [9.17, 15) is 9.59 Å². The zero-order valence-electron chi connectivity index (χ0n) is 10.2. The van der Waals surface area contributed by atoms with Crippen molar-refractivity contribution in [1.29, 1.82) is 0 Å². The molecule has 0 aliphatic carbocycles. The molecular weight excluding hydrogens is 244 g/mol. The van der Waals surface area contributed by atoms with Crippen LogP contribution in [0.4, 0.5) is 0 Å². The third-order valence-corrected chi connectivity index (χ3v) is 3.35. The van der Waals surface area contributed by atoms with Crippen LogP contribution in [0.2, 0.25) is 0 Å². The highest BCUT2D eigenvalue weighted by molar-refractivity contribution is 6.07. The fourth-order valence-electron chi connectivity index (χ4n) is 2.36. The van der Waals surface area contributed by atoms with Gasteiger partial charge in [0, 0.05) is 17.5 Å². The Hall–Kier alpha value is -2.21. The first-order valence-electron chi connectivity index (χ1n) is 6.18. The number of rotatable bonds is 1. The van der Waals surface area contributed by atoms with Gasteiger partial charge in [-0.3, -0.25) is 14.9 Å². The number of nitrogens with one attached hydrogen (secondary N) is 2. The lowest BCUT2D eigenvalue weighted by atomic mass is 10.0. The number of hydrogen-bond acceptors (Lipinski definition) is 5. The largest absolute Gasteiger partial charge is 0.358 e. The van der Waals surface area contributed by atoms with E-state index in [0.29, 0.717) is 18.7 Å². The Morgan fingerprint density at radius 3 is 2.89 bits per heavy atom. The molecule has 4 N–H and O–H groups in total. The Balaban J connectivity index is 1.80. The summed E-state index contributed by atoms with van der Waals surface area (Å²) < 4.78 is 0. The topological polar surface area (TPSA) is 96.6 Å². The maximum atomic E-state index is 11.7. The van der Waals surface area contributed by atoms with Crippen LogP contribution in [0.15, 0.2) is 29.3 Å². The number of fused-ring (bicyclic) bond motifs is 1. The molecule has 2 aliphatic rings. The average Bonchev–Trinajstić information content (AvgIpc) is 2.71. The third kappa shape index (κ3) is 2.10. The number of piperidine rings is 1.